The number of fused-ring (bicyclic) bond motifs is 3. The zero-order valence-electron chi connectivity index (χ0n) is 15.4. The van der Waals surface area contributed by atoms with E-state index in [0.717, 1.165) is 10.2 Å². The fraction of sp³-hybridized carbons (Fsp3) is 0.100. The van der Waals surface area contributed by atoms with Crippen LogP contribution in [-0.4, -0.2) is 24.6 Å². The number of aromatic nitrogens is 5. The summed E-state index contributed by atoms with van der Waals surface area (Å²) >= 11 is 8.78. The van der Waals surface area contributed by atoms with Crippen LogP contribution in [0.2, 0.25) is 5.02 Å². The molecule has 2 aromatic carbocycles. The zero-order chi connectivity index (χ0) is 20.5. The van der Waals surface area contributed by atoms with Crippen molar-refractivity contribution in [2.45, 2.75) is 17.5 Å². The summed E-state index contributed by atoms with van der Waals surface area (Å²) in [4.78, 5) is 22.3. The second-order valence-electron chi connectivity index (χ2n) is 6.37. The maximum Gasteiger partial charge on any atom is 0.259 e. The fourth-order valence-corrected chi connectivity index (χ4v) is 4.81. The molecule has 0 aliphatic heterocycles. The van der Waals surface area contributed by atoms with Crippen molar-refractivity contribution in [3.63, 3.8) is 0 Å². The van der Waals surface area contributed by atoms with E-state index in [2.05, 4.69) is 20.2 Å². The first-order valence-electron chi connectivity index (χ1n) is 8.98. The lowest BCUT2D eigenvalue weighted by atomic mass is 10.3. The maximum atomic E-state index is 12.6. The van der Waals surface area contributed by atoms with E-state index in [4.69, 9.17) is 16.3 Å². The largest absolute Gasteiger partial charge is 0.486 e. The number of benzene rings is 2. The summed E-state index contributed by atoms with van der Waals surface area (Å²) in [5.41, 5.74) is 1.49. The van der Waals surface area contributed by atoms with Crippen LogP contribution in [0.15, 0.2) is 64.5 Å². The summed E-state index contributed by atoms with van der Waals surface area (Å²) in [5.74, 6) is 1.81. The minimum Gasteiger partial charge on any atom is -0.486 e. The molecule has 0 aliphatic rings. The number of rotatable bonds is 6. The number of para-hydroxylation sites is 1. The molecule has 30 heavy (non-hydrogen) atoms. The number of ether oxygens (including phenoxy) is 1. The van der Waals surface area contributed by atoms with Crippen molar-refractivity contribution in [2.75, 3.05) is 0 Å². The third-order valence-electron chi connectivity index (χ3n) is 4.30. The van der Waals surface area contributed by atoms with Crippen LogP contribution in [0.3, 0.4) is 0 Å². The van der Waals surface area contributed by atoms with Gasteiger partial charge in [-0.05, 0) is 36.4 Å². The van der Waals surface area contributed by atoms with Gasteiger partial charge in [-0.3, -0.25) is 14.3 Å². The molecule has 0 bridgehead atoms. The van der Waals surface area contributed by atoms with Crippen molar-refractivity contribution in [1.29, 1.82) is 0 Å². The molecule has 0 saturated heterocycles. The Morgan fingerprint density at radius 2 is 1.97 bits per heavy atom. The number of nitrogens with one attached hydrogen (secondary N) is 1. The highest BCUT2D eigenvalue weighted by Gasteiger charge is 2.11. The van der Waals surface area contributed by atoms with Gasteiger partial charge in [-0.1, -0.05) is 46.8 Å². The average molecular weight is 456 g/mol. The summed E-state index contributed by atoms with van der Waals surface area (Å²) in [7, 11) is 0. The Morgan fingerprint density at radius 1 is 1.13 bits per heavy atom. The van der Waals surface area contributed by atoms with Gasteiger partial charge in [0.2, 0.25) is 5.16 Å². The van der Waals surface area contributed by atoms with Gasteiger partial charge in [-0.15, -0.1) is 5.10 Å². The van der Waals surface area contributed by atoms with Crippen LogP contribution in [0.5, 0.6) is 5.75 Å². The molecular formula is C20H14ClN5O2S2. The summed E-state index contributed by atoms with van der Waals surface area (Å²) in [6.45, 7) is 0.266. The molecule has 3 heterocycles. The van der Waals surface area contributed by atoms with E-state index in [1.165, 1.54) is 23.1 Å². The molecular weight excluding hydrogens is 442 g/mol. The Bertz CT molecular complexity index is 1390. The topological polar surface area (TPSA) is 85.2 Å². The van der Waals surface area contributed by atoms with Crippen molar-refractivity contribution < 1.29 is 4.74 Å². The SMILES string of the molecule is O=c1cc(CSc2n[nH]c(COc3ccc(Cl)cc3)n2)nc2sc3ccccc3n12. The standard InChI is InChI=1S/C20H14ClN5O2S2/c21-12-5-7-14(8-6-12)28-10-17-23-19(25-24-17)29-11-13-9-18(27)26-15-3-1-2-4-16(15)30-20(26)22-13/h1-9H,10-11H2,(H,23,24,25). The van der Waals surface area contributed by atoms with Crippen LogP contribution in [-0.2, 0) is 12.4 Å². The first-order valence-corrected chi connectivity index (χ1v) is 11.2. The first kappa shape index (κ1) is 19.1. The Hall–Kier alpha value is -2.88. The second-order valence-corrected chi connectivity index (χ2v) is 8.76. The number of thioether (sulfide) groups is 1. The Labute approximate surface area is 183 Å². The fourth-order valence-electron chi connectivity index (χ4n) is 2.93. The molecule has 7 nitrogen and oxygen atoms in total. The molecule has 10 heteroatoms. The minimum atomic E-state index is -0.0832. The Morgan fingerprint density at radius 3 is 2.83 bits per heavy atom. The number of nitrogens with zero attached hydrogens (tertiary/aromatic N) is 4. The predicted octanol–water partition coefficient (Wildman–Crippen LogP) is 4.55. The van der Waals surface area contributed by atoms with Gasteiger partial charge in [0, 0.05) is 16.8 Å². The number of hydrogen-bond donors (Lipinski definition) is 1. The van der Waals surface area contributed by atoms with Crippen LogP contribution in [0.1, 0.15) is 11.5 Å². The lowest BCUT2D eigenvalue weighted by Crippen LogP contribution is -2.13. The molecule has 150 valence electrons. The monoisotopic (exact) mass is 455 g/mol. The first-order chi connectivity index (χ1) is 14.7. The van der Waals surface area contributed by atoms with Gasteiger partial charge in [0.15, 0.2) is 10.8 Å². The van der Waals surface area contributed by atoms with Crippen LogP contribution in [0.25, 0.3) is 15.2 Å². The van der Waals surface area contributed by atoms with E-state index in [0.29, 0.717) is 38.2 Å². The van der Waals surface area contributed by atoms with E-state index >= 15 is 0 Å². The second kappa shape index (κ2) is 8.10. The molecule has 0 fully saturated rings. The molecule has 0 atom stereocenters. The molecule has 1 N–H and O–H groups in total. The van der Waals surface area contributed by atoms with Crippen molar-refractivity contribution in [1.82, 2.24) is 24.6 Å². The van der Waals surface area contributed by atoms with Crippen LogP contribution in [0.4, 0.5) is 0 Å². The van der Waals surface area contributed by atoms with Crippen LogP contribution >= 0.6 is 34.7 Å². The van der Waals surface area contributed by atoms with Gasteiger partial charge in [-0.25, -0.2) is 9.97 Å². The Balaban J connectivity index is 1.27. The van der Waals surface area contributed by atoms with Gasteiger partial charge >= 0.3 is 0 Å². The van der Waals surface area contributed by atoms with E-state index < -0.39 is 0 Å². The highest BCUT2D eigenvalue weighted by molar-refractivity contribution is 7.98. The number of halogens is 1. The number of hydrogen-bond acceptors (Lipinski definition) is 7. The van der Waals surface area contributed by atoms with Gasteiger partial charge in [0.05, 0.1) is 15.9 Å². The third kappa shape index (κ3) is 3.91. The molecule has 0 radical (unpaired) electrons. The summed E-state index contributed by atoms with van der Waals surface area (Å²) in [5, 5.41) is 8.29. The zero-order valence-corrected chi connectivity index (χ0v) is 17.8. The molecule has 0 spiro atoms. The van der Waals surface area contributed by atoms with E-state index in [1.54, 1.807) is 34.7 Å². The summed E-state index contributed by atoms with van der Waals surface area (Å²) < 4.78 is 8.34. The van der Waals surface area contributed by atoms with Crippen molar-refractivity contribution in [3.05, 3.63) is 81.5 Å². The van der Waals surface area contributed by atoms with Crippen molar-refractivity contribution in [2.24, 2.45) is 0 Å². The molecule has 0 unspecified atom stereocenters. The van der Waals surface area contributed by atoms with Gasteiger partial charge in [0.25, 0.3) is 5.56 Å². The highest BCUT2D eigenvalue weighted by atomic mass is 35.5. The summed E-state index contributed by atoms with van der Waals surface area (Å²) in [6, 6.07) is 16.5. The van der Waals surface area contributed by atoms with Crippen molar-refractivity contribution in [3.8, 4) is 5.75 Å². The smallest absolute Gasteiger partial charge is 0.259 e. The molecule has 0 saturated carbocycles. The number of thiazole rings is 1. The van der Waals surface area contributed by atoms with E-state index in [9.17, 15) is 4.79 Å². The molecule has 3 aromatic heterocycles. The lowest BCUT2D eigenvalue weighted by Gasteiger charge is -2.03. The van der Waals surface area contributed by atoms with Crippen molar-refractivity contribution >= 4 is 49.9 Å². The normalized spacial score (nSPS) is 11.4. The van der Waals surface area contributed by atoms with Gasteiger partial charge in [-0.2, -0.15) is 0 Å². The molecule has 5 aromatic rings. The van der Waals surface area contributed by atoms with Gasteiger partial charge in [0.1, 0.15) is 12.4 Å². The van der Waals surface area contributed by atoms with E-state index in [1.807, 2.05) is 24.3 Å². The highest BCUT2D eigenvalue weighted by Crippen LogP contribution is 2.25. The number of aromatic amines is 1. The Kier molecular flexibility index (Phi) is 5.16. The van der Waals surface area contributed by atoms with E-state index in [-0.39, 0.29) is 12.2 Å². The maximum absolute atomic E-state index is 12.6. The summed E-state index contributed by atoms with van der Waals surface area (Å²) in [6.07, 6.45) is 0. The van der Waals surface area contributed by atoms with Gasteiger partial charge < -0.3 is 4.74 Å². The quantitative estimate of drug-likeness (QED) is 0.378. The lowest BCUT2D eigenvalue weighted by molar-refractivity contribution is 0.296. The molecule has 5 rings (SSSR count). The predicted molar refractivity (Wildman–Crippen MR) is 119 cm³/mol. The molecule has 0 aliphatic carbocycles. The minimum absolute atomic E-state index is 0.0832. The number of H-pyrrole nitrogens is 1. The average Bonchev–Trinajstić information content (AvgIpc) is 3.36. The molecule has 0 amide bonds. The van der Waals surface area contributed by atoms with Crippen LogP contribution < -0.4 is 10.3 Å². The third-order valence-corrected chi connectivity index (χ3v) is 6.45. The van der Waals surface area contributed by atoms with Crippen LogP contribution in [0, 0.1) is 0 Å².